The lowest BCUT2D eigenvalue weighted by atomic mass is 10.0. The number of hydrogen-bond acceptors (Lipinski definition) is 4. The molecule has 3 N–H and O–H groups in total. The highest BCUT2D eigenvalue weighted by molar-refractivity contribution is 5.92. The predicted octanol–water partition coefficient (Wildman–Crippen LogP) is 3.27. The van der Waals surface area contributed by atoms with Crippen LogP contribution in [0.15, 0.2) is 53.5 Å². The van der Waals surface area contributed by atoms with Gasteiger partial charge >= 0.3 is 0 Å². The van der Waals surface area contributed by atoms with Crippen LogP contribution in [0.5, 0.6) is 11.5 Å². The zero-order chi connectivity index (χ0) is 19.1. The number of guanidine groups is 1. The molecular weight excluding hydrogens is 340 g/mol. The van der Waals surface area contributed by atoms with Gasteiger partial charge in [-0.05, 0) is 56.3 Å². The predicted molar refractivity (Wildman–Crippen MR) is 110 cm³/mol. The Morgan fingerprint density at radius 3 is 2.44 bits per heavy atom. The van der Waals surface area contributed by atoms with Gasteiger partial charge in [0.15, 0.2) is 5.96 Å². The summed E-state index contributed by atoms with van der Waals surface area (Å²) in [5.41, 5.74) is 8.17. The fraction of sp³-hybridized carbons (Fsp3) is 0.381. The van der Waals surface area contributed by atoms with Crippen molar-refractivity contribution in [2.45, 2.75) is 18.9 Å². The lowest BCUT2D eigenvalue weighted by Gasteiger charge is -2.28. The van der Waals surface area contributed by atoms with Crippen LogP contribution in [0.3, 0.4) is 0 Å². The van der Waals surface area contributed by atoms with E-state index in [1.54, 1.807) is 14.2 Å². The van der Waals surface area contributed by atoms with E-state index in [1.807, 2.05) is 42.5 Å². The largest absolute Gasteiger partial charge is 0.497 e. The molecule has 0 radical (unpaired) electrons. The normalized spacial score (nSPS) is 16.1. The minimum Gasteiger partial charge on any atom is -0.497 e. The summed E-state index contributed by atoms with van der Waals surface area (Å²) in [4.78, 5) is 7.07. The Morgan fingerprint density at radius 1 is 1.07 bits per heavy atom. The molecule has 0 amide bonds. The number of ether oxygens (including phenoxy) is 2. The van der Waals surface area contributed by atoms with E-state index in [1.165, 1.54) is 12.8 Å². The highest BCUT2D eigenvalue weighted by Crippen LogP contribution is 2.31. The third-order valence-corrected chi connectivity index (χ3v) is 4.88. The minimum absolute atomic E-state index is 0.153. The standard InChI is InChI=1S/C21H28N4O2/c1-26-17-11-9-16(10-12-17)24-21(22)23-15-19(25-13-5-6-14-25)18-7-3-4-8-20(18)27-2/h3-4,7-12,19H,5-6,13-15H2,1-2H3,(H3,22,23,24). The zero-order valence-electron chi connectivity index (χ0n) is 16.0. The second kappa shape index (κ2) is 9.28. The fourth-order valence-corrected chi connectivity index (χ4v) is 3.45. The van der Waals surface area contributed by atoms with E-state index in [0.29, 0.717) is 12.5 Å². The van der Waals surface area contributed by atoms with E-state index < -0.39 is 0 Å². The van der Waals surface area contributed by atoms with E-state index in [0.717, 1.165) is 35.8 Å². The smallest absolute Gasteiger partial charge is 0.193 e. The number of benzene rings is 2. The maximum Gasteiger partial charge on any atom is 0.193 e. The average Bonchev–Trinajstić information content (AvgIpc) is 3.23. The summed E-state index contributed by atoms with van der Waals surface area (Å²) in [5.74, 6) is 2.10. The number of nitrogens with two attached hydrogens (primary N) is 1. The third kappa shape index (κ3) is 4.92. The molecule has 144 valence electrons. The van der Waals surface area contributed by atoms with Gasteiger partial charge in [-0.2, -0.15) is 0 Å². The van der Waals surface area contributed by atoms with Crippen LogP contribution in [0.4, 0.5) is 5.69 Å². The Kier molecular flexibility index (Phi) is 6.54. The van der Waals surface area contributed by atoms with Gasteiger partial charge in [-0.3, -0.25) is 9.89 Å². The van der Waals surface area contributed by atoms with Gasteiger partial charge in [0.1, 0.15) is 11.5 Å². The van der Waals surface area contributed by atoms with Gasteiger partial charge < -0.3 is 20.5 Å². The third-order valence-electron chi connectivity index (χ3n) is 4.88. The Balaban J connectivity index is 1.74. The van der Waals surface area contributed by atoms with Crippen LogP contribution in [0.25, 0.3) is 0 Å². The van der Waals surface area contributed by atoms with E-state index in [4.69, 9.17) is 15.2 Å². The maximum atomic E-state index is 6.13. The van der Waals surface area contributed by atoms with Crippen molar-refractivity contribution in [2.75, 3.05) is 39.2 Å². The first-order chi connectivity index (χ1) is 13.2. The molecule has 1 unspecified atom stereocenters. The van der Waals surface area contributed by atoms with Gasteiger partial charge in [-0.25, -0.2) is 0 Å². The van der Waals surface area contributed by atoms with Gasteiger partial charge in [0, 0.05) is 11.3 Å². The molecule has 1 saturated heterocycles. The van der Waals surface area contributed by atoms with Crippen LogP contribution < -0.4 is 20.5 Å². The summed E-state index contributed by atoms with van der Waals surface area (Å²) in [7, 11) is 3.36. The number of nitrogens with one attached hydrogen (secondary N) is 1. The molecule has 2 aromatic carbocycles. The summed E-state index contributed by atoms with van der Waals surface area (Å²) in [6.45, 7) is 2.73. The van der Waals surface area contributed by atoms with E-state index in [-0.39, 0.29) is 6.04 Å². The molecule has 1 heterocycles. The highest BCUT2D eigenvalue weighted by Gasteiger charge is 2.25. The topological polar surface area (TPSA) is 72.1 Å². The molecule has 1 fully saturated rings. The summed E-state index contributed by atoms with van der Waals surface area (Å²) in [6.07, 6.45) is 2.43. The van der Waals surface area contributed by atoms with Crippen molar-refractivity contribution in [3.63, 3.8) is 0 Å². The number of anilines is 1. The Labute approximate surface area is 161 Å². The molecule has 0 aliphatic carbocycles. The molecule has 6 heteroatoms. The molecule has 6 nitrogen and oxygen atoms in total. The van der Waals surface area contributed by atoms with E-state index in [2.05, 4.69) is 21.3 Å². The van der Waals surface area contributed by atoms with Crippen LogP contribution in [-0.2, 0) is 0 Å². The minimum atomic E-state index is 0.153. The summed E-state index contributed by atoms with van der Waals surface area (Å²) in [5, 5.41) is 3.14. The van der Waals surface area contributed by atoms with E-state index in [9.17, 15) is 0 Å². The lowest BCUT2D eigenvalue weighted by Crippen LogP contribution is -2.30. The highest BCUT2D eigenvalue weighted by atomic mass is 16.5. The number of aliphatic imine (C=N–C) groups is 1. The summed E-state index contributed by atoms with van der Waals surface area (Å²) >= 11 is 0. The van der Waals surface area contributed by atoms with Crippen molar-refractivity contribution in [3.05, 3.63) is 54.1 Å². The molecule has 1 aliphatic heterocycles. The quantitative estimate of drug-likeness (QED) is 0.580. The molecule has 0 saturated carbocycles. The first-order valence-electron chi connectivity index (χ1n) is 9.29. The number of methoxy groups -OCH3 is 2. The number of rotatable bonds is 7. The second-order valence-electron chi connectivity index (χ2n) is 6.58. The van der Waals surface area contributed by atoms with Gasteiger partial charge in [0.05, 0.1) is 26.8 Å². The van der Waals surface area contributed by atoms with Gasteiger partial charge in [-0.15, -0.1) is 0 Å². The van der Waals surface area contributed by atoms with Gasteiger partial charge in [0.2, 0.25) is 0 Å². The molecule has 0 aromatic heterocycles. The monoisotopic (exact) mass is 368 g/mol. The molecule has 0 bridgehead atoms. The molecule has 27 heavy (non-hydrogen) atoms. The molecule has 1 aliphatic rings. The van der Waals surface area contributed by atoms with Crippen molar-refractivity contribution in [1.29, 1.82) is 0 Å². The number of nitrogens with zero attached hydrogens (tertiary/aromatic N) is 2. The molecule has 3 rings (SSSR count). The molecule has 1 atom stereocenters. The lowest BCUT2D eigenvalue weighted by molar-refractivity contribution is 0.245. The molecule has 2 aromatic rings. The van der Waals surface area contributed by atoms with Gasteiger partial charge in [-0.1, -0.05) is 18.2 Å². The number of para-hydroxylation sites is 1. The van der Waals surface area contributed by atoms with Crippen LogP contribution >= 0.6 is 0 Å². The van der Waals surface area contributed by atoms with Crippen molar-refractivity contribution in [3.8, 4) is 11.5 Å². The zero-order valence-corrected chi connectivity index (χ0v) is 16.0. The number of likely N-dealkylation sites (tertiary alicyclic amines) is 1. The van der Waals surface area contributed by atoms with Crippen molar-refractivity contribution in [2.24, 2.45) is 10.7 Å². The first-order valence-corrected chi connectivity index (χ1v) is 9.29. The average molecular weight is 368 g/mol. The van der Waals surface area contributed by atoms with Crippen LogP contribution in [0.2, 0.25) is 0 Å². The van der Waals surface area contributed by atoms with Crippen molar-refractivity contribution in [1.82, 2.24) is 4.90 Å². The Bertz CT molecular complexity index is 755. The van der Waals surface area contributed by atoms with Crippen LogP contribution in [-0.4, -0.2) is 44.7 Å². The fourth-order valence-electron chi connectivity index (χ4n) is 3.45. The summed E-state index contributed by atoms with van der Waals surface area (Å²) < 4.78 is 10.8. The Hall–Kier alpha value is -2.73. The number of hydrogen-bond donors (Lipinski definition) is 2. The first kappa shape index (κ1) is 19.0. The second-order valence-corrected chi connectivity index (χ2v) is 6.58. The maximum absolute atomic E-state index is 6.13. The van der Waals surface area contributed by atoms with E-state index >= 15 is 0 Å². The Morgan fingerprint density at radius 2 is 1.78 bits per heavy atom. The molecule has 0 spiro atoms. The van der Waals surface area contributed by atoms with Crippen LogP contribution in [0.1, 0.15) is 24.4 Å². The SMILES string of the molecule is COc1ccc(NC(N)=NCC(c2ccccc2OC)N2CCCC2)cc1. The summed E-state index contributed by atoms with van der Waals surface area (Å²) in [6, 6.07) is 15.9. The van der Waals surface area contributed by atoms with Crippen LogP contribution in [0, 0.1) is 0 Å². The van der Waals surface area contributed by atoms with Gasteiger partial charge in [0.25, 0.3) is 0 Å². The molecular formula is C21H28N4O2. The van der Waals surface area contributed by atoms with Crippen molar-refractivity contribution >= 4 is 11.6 Å². The van der Waals surface area contributed by atoms with Crippen molar-refractivity contribution < 1.29 is 9.47 Å².